The van der Waals surface area contributed by atoms with Crippen LogP contribution in [-0.2, 0) is 0 Å². The maximum atomic E-state index is 2.71. The summed E-state index contributed by atoms with van der Waals surface area (Å²) < 4.78 is 0. The largest absolute Gasteiger partial charge is 0.297 e. The Bertz CT molecular complexity index is 320. The SMILES string of the molecule is CC=C(C(C)N1CCCCC1)C(C)(C)N1CCCCC1. The number of hydrogen-bond donors (Lipinski definition) is 0. The summed E-state index contributed by atoms with van der Waals surface area (Å²) in [7, 11) is 0. The molecule has 0 N–H and O–H groups in total. The molecule has 2 fully saturated rings. The number of nitrogens with zero attached hydrogens (tertiary/aromatic N) is 2. The minimum absolute atomic E-state index is 0.214. The number of hydrogen-bond acceptors (Lipinski definition) is 2. The first kappa shape index (κ1) is 16.0. The molecule has 0 spiro atoms. The molecule has 2 aliphatic rings. The topological polar surface area (TPSA) is 6.48 Å². The first-order valence-electron chi connectivity index (χ1n) is 8.73. The second-order valence-corrected chi connectivity index (χ2v) is 7.12. The molecule has 0 amide bonds. The van der Waals surface area contributed by atoms with Crippen molar-refractivity contribution < 1.29 is 0 Å². The standard InChI is InChI=1S/C18H34N2/c1-5-17(16(2)19-12-8-6-9-13-19)18(3,4)20-14-10-7-11-15-20/h5,16H,6-15H2,1-4H3. The maximum absolute atomic E-state index is 2.71. The van der Waals surface area contributed by atoms with Crippen LogP contribution >= 0.6 is 0 Å². The Labute approximate surface area is 126 Å². The lowest BCUT2D eigenvalue weighted by Crippen LogP contribution is -2.53. The van der Waals surface area contributed by atoms with Crippen molar-refractivity contribution in [1.29, 1.82) is 0 Å². The van der Waals surface area contributed by atoms with E-state index in [1.807, 2.05) is 0 Å². The summed E-state index contributed by atoms with van der Waals surface area (Å²) in [4.78, 5) is 5.41. The second kappa shape index (κ2) is 7.09. The summed E-state index contributed by atoms with van der Waals surface area (Å²) >= 11 is 0. The van der Waals surface area contributed by atoms with Crippen LogP contribution in [0.15, 0.2) is 11.6 Å². The Hall–Kier alpha value is -0.340. The fourth-order valence-corrected chi connectivity index (χ4v) is 4.24. The summed E-state index contributed by atoms with van der Waals surface area (Å²) in [5.74, 6) is 0. The molecule has 0 aromatic carbocycles. The Morgan fingerprint density at radius 2 is 1.40 bits per heavy atom. The third-order valence-electron chi connectivity index (χ3n) is 5.55. The summed E-state index contributed by atoms with van der Waals surface area (Å²) in [5.41, 5.74) is 1.84. The second-order valence-electron chi connectivity index (χ2n) is 7.12. The van der Waals surface area contributed by atoms with Gasteiger partial charge in [-0.3, -0.25) is 9.80 Å². The van der Waals surface area contributed by atoms with E-state index in [1.54, 1.807) is 5.57 Å². The minimum atomic E-state index is 0.214. The molecule has 2 nitrogen and oxygen atoms in total. The predicted octanol–water partition coefficient (Wildman–Crippen LogP) is 4.07. The molecule has 0 aromatic heterocycles. The van der Waals surface area contributed by atoms with Crippen molar-refractivity contribution in [1.82, 2.24) is 9.80 Å². The van der Waals surface area contributed by atoms with Gasteiger partial charge in [0.15, 0.2) is 0 Å². The number of rotatable bonds is 4. The van der Waals surface area contributed by atoms with Crippen LogP contribution < -0.4 is 0 Å². The molecular formula is C18H34N2. The van der Waals surface area contributed by atoms with Crippen molar-refractivity contribution in [2.24, 2.45) is 0 Å². The molecule has 2 aliphatic heterocycles. The van der Waals surface area contributed by atoms with Gasteiger partial charge in [0.25, 0.3) is 0 Å². The van der Waals surface area contributed by atoms with Gasteiger partial charge in [0, 0.05) is 11.6 Å². The zero-order valence-corrected chi connectivity index (χ0v) is 14.1. The van der Waals surface area contributed by atoms with Crippen molar-refractivity contribution in [3.8, 4) is 0 Å². The van der Waals surface area contributed by atoms with Crippen LogP contribution in [0.4, 0.5) is 0 Å². The van der Waals surface area contributed by atoms with Crippen molar-refractivity contribution in [2.45, 2.75) is 77.8 Å². The van der Waals surface area contributed by atoms with Gasteiger partial charge in [-0.1, -0.05) is 18.9 Å². The lowest BCUT2D eigenvalue weighted by molar-refractivity contribution is 0.0989. The Balaban J connectivity index is 2.08. The first-order valence-corrected chi connectivity index (χ1v) is 8.73. The average Bonchev–Trinajstić information content (AvgIpc) is 2.49. The normalized spacial score (nSPS) is 25.7. The van der Waals surface area contributed by atoms with Crippen molar-refractivity contribution in [3.05, 3.63) is 11.6 Å². The lowest BCUT2D eigenvalue weighted by Gasteiger charge is -2.47. The maximum Gasteiger partial charge on any atom is 0.0379 e. The van der Waals surface area contributed by atoms with Gasteiger partial charge >= 0.3 is 0 Å². The number of allylic oxidation sites excluding steroid dienone is 1. The molecular weight excluding hydrogens is 244 g/mol. The molecule has 0 saturated carbocycles. The van der Waals surface area contributed by atoms with E-state index in [4.69, 9.17) is 0 Å². The highest BCUT2D eigenvalue weighted by atomic mass is 15.2. The first-order chi connectivity index (χ1) is 9.57. The van der Waals surface area contributed by atoms with Crippen molar-refractivity contribution >= 4 is 0 Å². The predicted molar refractivity (Wildman–Crippen MR) is 88.1 cm³/mol. The molecule has 20 heavy (non-hydrogen) atoms. The fraction of sp³-hybridized carbons (Fsp3) is 0.889. The fourth-order valence-electron chi connectivity index (χ4n) is 4.24. The quantitative estimate of drug-likeness (QED) is 0.715. The van der Waals surface area contributed by atoms with E-state index in [1.165, 1.54) is 64.7 Å². The van der Waals surface area contributed by atoms with Gasteiger partial charge in [0.2, 0.25) is 0 Å². The average molecular weight is 278 g/mol. The van der Waals surface area contributed by atoms with E-state index in [0.29, 0.717) is 6.04 Å². The highest BCUT2D eigenvalue weighted by Crippen LogP contribution is 2.32. The van der Waals surface area contributed by atoms with Gasteiger partial charge < -0.3 is 0 Å². The van der Waals surface area contributed by atoms with Crippen LogP contribution in [0.1, 0.15) is 66.2 Å². The summed E-state index contributed by atoms with van der Waals surface area (Å²) in [6, 6.07) is 0.595. The van der Waals surface area contributed by atoms with Crippen LogP contribution in [0.3, 0.4) is 0 Å². The van der Waals surface area contributed by atoms with E-state index in [0.717, 1.165) is 0 Å². The van der Waals surface area contributed by atoms with Crippen LogP contribution in [0.25, 0.3) is 0 Å². The van der Waals surface area contributed by atoms with Crippen LogP contribution in [0.2, 0.25) is 0 Å². The van der Waals surface area contributed by atoms with Gasteiger partial charge in [-0.05, 0) is 85.1 Å². The summed E-state index contributed by atoms with van der Waals surface area (Å²) in [6.07, 6.45) is 10.7. The van der Waals surface area contributed by atoms with E-state index >= 15 is 0 Å². The van der Waals surface area contributed by atoms with Gasteiger partial charge in [0.1, 0.15) is 0 Å². The van der Waals surface area contributed by atoms with E-state index in [9.17, 15) is 0 Å². The summed E-state index contributed by atoms with van der Waals surface area (Å²) in [6.45, 7) is 14.7. The smallest absolute Gasteiger partial charge is 0.0379 e. The third-order valence-corrected chi connectivity index (χ3v) is 5.55. The Kier molecular flexibility index (Phi) is 5.68. The summed E-state index contributed by atoms with van der Waals surface area (Å²) in [5, 5.41) is 0. The molecule has 0 aliphatic carbocycles. The van der Waals surface area contributed by atoms with Gasteiger partial charge in [0.05, 0.1) is 0 Å². The zero-order valence-electron chi connectivity index (χ0n) is 14.1. The Morgan fingerprint density at radius 1 is 0.900 bits per heavy atom. The number of piperidine rings is 2. The molecule has 116 valence electrons. The molecule has 2 saturated heterocycles. The van der Waals surface area contributed by atoms with Gasteiger partial charge in [-0.2, -0.15) is 0 Å². The van der Waals surface area contributed by atoms with Gasteiger partial charge in [-0.15, -0.1) is 0 Å². The van der Waals surface area contributed by atoms with Gasteiger partial charge in [-0.25, -0.2) is 0 Å². The monoisotopic (exact) mass is 278 g/mol. The highest BCUT2D eigenvalue weighted by molar-refractivity contribution is 5.23. The molecule has 1 atom stereocenters. The molecule has 0 bridgehead atoms. The minimum Gasteiger partial charge on any atom is -0.297 e. The molecule has 2 rings (SSSR count). The number of likely N-dealkylation sites (tertiary alicyclic amines) is 2. The Morgan fingerprint density at radius 3 is 1.90 bits per heavy atom. The van der Waals surface area contributed by atoms with E-state index < -0.39 is 0 Å². The van der Waals surface area contributed by atoms with Crippen molar-refractivity contribution in [2.75, 3.05) is 26.2 Å². The highest BCUT2D eigenvalue weighted by Gasteiger charge is 2.35. The van der Waals surface area contributed by atoms with Crippen LogP contribution in [-0.4, -0.2) is 47.6 Å². The van der Waals surface area contributed by atoms with E-state index in [2.05, 4.69) is 43.6 Å². The van der Waals surface area contributed by atoms with E-state index in [-0.39, 0.29) is 5.54 Å². The van der Waals surface area contributed by atoms with Crippen LogP contribution in [0.5, 0.6) is 0 Å². The molecule has 2 heteroatoms. The van der Waals surface area contributed by atoms with Crippen LogP contribution in [0, 0.1) is 0 Å². The molecule has 2 heterocycles. The molecule has 1 unspecified atom stereocenters. The lowest BCUT2D eigenvalue weighted by atomic mass is 9.84. The molecule has 0 radical (unpaired) electrons. The third kappa shape index (κ3) is 3.46. The zero-order chi connectivity index (χ0) is 14.6. The molecule has 0 aromatic rings. The van der Waals surface area contributed by atoms with Crippen molar-refractivity contribution in [3.63, 3.8) is 0 Å².